The van der Waals surface area contributed by atoms with Crippen molar-refractivity contribution in [2.24, 2.45) is 0 Å². The van der Waals surface area contributed by atoms with Crippen LogP contribution in [-0.2, 0) is 6.54 Å². The molecule has 0 spiro atoms. The van der Waals surface area contributed by atoms with Gasteiger partial charge in [0.15, 0.2) is 0 Å². The highest BCUT2D eigenvalue weighted by Crippen LogP contribution is 2.32. The molecule has 0 aromatic carbocycles. The van der Waals surface area contributed by atoms with E-state index in [1.54, 1.807) is 0 Å². The fourth-order valence-corrected chi connectivity index (χ4v) is 3.28. The van der Waals surface area contributed by atoms with Gasteiger partial charge in [-0.1, -0.05) is 27.7 Å². The first kappa shape index (κ1) is 16.3. The van der Waals surface area contributed by atoms with Crippen molar-refractivity contribution in [3.8, 4) is 0 Å². The van der Waals surface area contributed by atoms with E-state index in [0.717, 1.165) is 13.1 Å². The van der Waals surface area contributed by atoms with Crippen LogP contribution in [0.25, 0.3) is 0 Å². The van der Waals surface area contributed by atoms with E-state index < -0.39 is 0 Å². The van der Waals surface area contributed by atoms with Gasteiger partial charge in [-0.25, -0.2) is 4.98 Å². The van der Waals surface area contributed by atoms with Gasteiger partial charge in [0.2, 0.25) is 0 Å². The van der Waals surface area contributed by atoms with Crippen molar-refractivity contribution < 1.29 is 0 Å². The average molecular weight is 289 g/mol. The molecule has 1 aromatic rings. The highest BCUT2D eigenvalue weighted by atomic mass is 15.3. The first-order valence-electron chi connectivity index (χ1n) is 8.56. The van der Waals surface area contributed by atoms with E-state index in [1.807, 2.05) is 0 Å². The van der Waals surface area contributed by atoms with Gasteiger partial charge in [0.25, 0.3) is 0 Å². The monoisotopic (exact) mass is 289 g/mol. The molecule has 2 unspecified atom stereocenters. The molecule has 2 atom stereocenters. The third-order valence-corrected chi connectivity index (χ3v) is 4.58. The maximum absolute atomic E-state index is 4.97. The van der Waals surface area contributed by atoms with Crippen molar-refractivity contribution in [2.45, 2.75) is 78.4 Å². The molecule has 0 saturated carbocycles. The number of hydrogen-bond donors (Lipinski definition) is 1. The molecule has 2 heterocycles. The summed E-state index contributed by atoms with van der Waals surface area (Å²) in [5, 5.41) is 3.44. The van der Waals surface area contributed by atoms with Crippen molar-refractivity contribution in [3.63, 3.8) is 0 Å². The van der Waals surface area contributed by atoms with Crippen molar-refractivity contribution in [1.82, 2.24) is 10.3 Å². The third-order valence-electron chi connectivity index (χ3n) is 4.58. The van der Waals surface area contributed by atoms with Crippen LogP contribution < -0.4 is 10.2 Å². The fraction of sp³-hybridized carbons (Fsp3) is 0.722. The Labute approximate surface area is 130 Å². The molecule has 118 valence electrons. The first-order chi connectivity index (χ1) is 10.1. The molecule has 0 bridgehead atoms. The Morgan fingerprint density at radius 2 is 2.05 bits per heavy atom. The van der Waals surface area contributed by atoms with Crippen LogP contribution in [0.1, 0.15) is 71.1 Å². The zero-order valence-electron chi connectivity index (χ0n) is 14.3. The summed E-state index contributed by atoms with van der Waals surface area (Å²) in [6.07, 6.45) is 3.79. The molecule has 0 radical (unpaired) electrons. The minimum absolute atomic E-state index is 0.475. The number of aromatic nitrogens is 1. The van der Waals surface area contributed by atoms with Gasteiger partial charge in [0.05, 0.1) is 0 Å². The molecule has 1 N–H and O–H groups in total. The minimum Gasteiger partial charge on any atom is -0.351 e. The molecular weight excluding hydrogens is 258 g/mol. The Bertz CT molecular complexity index is 456. The second-order valence-corrected chi connectivity index (χ2v) is 6.59. The molecular formula is C18H31N3. The Morgan fingerprint density at radius 3 is 2.67 bits per heavy atom. The number of nitrogens with zero attached hydrogens (tertiary/aromatic N) is 2. The highest BCUT2D eigenvalue weighted by molar-refractivity contribution is 5.46. The molecule has 0 amide bonds. The number of hydrogen-bond acceptors (Lipinski definition) is 3. The van der Waals surface area contributed by atoms with E-state index in [-0.39, 0.29) is 0 Å². The van der Waals surface area contributed by atoms with Crippen molar-refractivity contribution in [2.75, 3.05) is 11.4 Å². The van der Waals surface area contributed by atoms with Crippen LogP contribution in [0.2, 0.25) is 0 Å². The summed E-state index contributed by atoms with van der Waals surface area (Å²) in [6, 6.07) is 5.82. The van der Waals surface area contributed by atoms with Gasteiger partial charge in [-0.3, -0.25) is 0 Å². The average Bonchev–Trinajstić information content (AvgIpc) is 2.85. The van der Waals surface area contributed by atoms with Gasteiger partial charge < -0.3 is 10.2 Å². The molecule has 1 aliphatic heterocycles. The van der Waals surface area contributed by atoms with Crippen LogP contribution in [-0.4, -0.2) is 23.6 Å². The van der Waals surface area contributed by atoms with E-state index in [2.05, 4.69) is 57.0 Å². The normalized spacial score (nSPS) is 22.3. The van der Waals surface area contributed by atoms with Crippen molar-refractivity contribution >= 4 is 5.82 Å². The molecule has 3 heteroatoms. The number of nitrogens with one attached hydrogen (secondary N) is 1. The molecule has 1 saturated heterocycles. The molecule has 1 aliphatic rings. The van der Waals surface area contributed by atoms with Crippen molar-refractivity contribution in [1.29, 1.82) is 0 Å². The molecule has 2 rings (SSSR count). The van der Waals surface area contributed by atoms with E-state index in [1.165, 1.54) is 36.3 Å². The Balaban J connectivity index is 2.34. The maximum Gasteiger partial charge on any atom is 0.129 e. The summed E-state index contributed by atoms with van der Waals surface area (Å²) in [5.41, 5.74) is 2.58. The molecule has 1 fully saturated rings. The smallest absolute Gasteiger partial charge is 0.129 e. The zero-order chi connectivity index (χ0) is 15.4. The predicted molar refractivity (Wildman–Crippen MR) is 91.0 cm³/mol. The molecule has 0 aliphatic carbocycles. The number of rotatable bonds is 6. The topological polar surface area (TPSA) is 28.2 Å². The quantitative estimate of drug-likeness (QED) is 0.855. The summed E-state index contributed by atoms with van der Waals surface area (Å²) < 4.78 is 0. The van der Waals surface area contributed by atoms with Gasteiger partial charge in [-0.05, 0) is 56.3 Å². The second-order valence-electron chi connectivity index (χ2n) is 6.59. The Kier molecular flexibility index (Phi) is 5.63. The highest BCUT2D eigenvalue weighted by Gasteiger charge is 2.30. The van der Waals surface area contributed by atoms with Crippen molar-refractivity contribution in [3.05, 3.63) is 23.4 Å². The SMILES string of the molecule is CCNCc1cc(C(C)C)nc(N2C(C)CCC2CC)c1. The summed E-state index contributed by atoms with van der Waals surface area (Å²) in [5.74, 6) is 1.66. The van der Waals surface area contributed by atoms with Gasteiger partial charge >= 0.3 is 0 Å². The van der Waals surface area contributed by atoms with E-state index in [4.69, 9.17) is 4.98 Å². The standard InChI is InChI=1S/C18H31N3/c1-6-16-9-8-14(5)21(16)18-11-15(12-19-7-2)10-17(20-18)13(3)4/h10-11,13-14,16,19H,6-9,12H2,1-5H3. The zero-order valence-corrected chi connectivity index (χ0v) is 14.3. The fourth-order valence-electron chi connectivity index (χ4n) is 3.28. The Hall–Kier alpha value is -1.09. The van der Waals surface area contributed by atoms with Crippen LogP contribution in [0.4, 0.5) is 5.82 Å². The van der Waals surface area contributed by atoms with Gasteiger partial charge in [0, 0.05) is 24.3 Å². The number of anilines is 1. The van der Waals surface area contributed by atoms with Crippen LogP contribution in [0.15, 0.2) is 12.1 Å². The molecule has 21 heavy (non-hydrogen) atoms. The third kappa shape index (κ3) is 3.76. The second kappa shape index (κ2) is 7.26. The lowest BCUT2D eigenvalue weighted by molar-refractivity contribution is 0.617. The Morgan fingerprint density at radius 1 is 1.29 bits per heavy atom. The van der Waals surface area contributed by atoms with E-state index in [0.29, 0.717) is 18.0 Å². The van der Waals surface area contributed by atoms with Crippen LogP contribution in [0, 0.1) is 0 Å². The van der Waals surface area contributed by atoms with Crippen LogP contribution in [0.5, 0.6) is 0 Å². The summed E-state index contributed by atoms with van der Waals surface area (Å²) in [4.78, 5) is 7.53. The first-order valence-corrected chi connectivity index (χ1v) is 8.56. The lowest BCUT2D eigenvalue weighted by Crippen LogP contribution is -2.35. The minimum atomic E-state index is 0.475. The number of pyridine rings is 1. The summed E-state index contributed by atoms with van der Waals surface area (Å²) in [6.45, 7) is 13.2. The summed E-state index contributed by atoms with van der Waals surface area (Å²) >= 11 is 0. The van der Waals surface area contributed by atoms with E-state index in [9.17, 15) is 0 Å². The maximum atomic E-state index is 4.97. The lowest BCUT2D eigenvalue weighted by atomic mass is 10.1. The van der Waals surface area contributed by atoms with Crippen LogP contribution >= 0.6 is 0 Å². The molecule has 3 nitrogen and oxygen atoms in total. The lowest BCUT2D eigenvalue weighted by Gasteiger charge is -2.30. The summed E-state index contributed by atoms with van der Waals surface area (Å²) in [7, 11) is 0. The van der Waals surface area contributed by atoms with Gasteiger partial charge in [-0.2, -0.15) is 0 Å². The largest absolute Gasteiger partial charge is 0.351 e. The van der Waals surface area contributed by atoms with Crippen LogP contribution in [0.3, 0.4) is 0 Å². The van der Waals surface area contributed by atoms with Gasteiger partial charge in [0.1, 0.15) is 5.82 Å². The molecule has 1 aromatic heterocycles. The van der Waals surface area contributed by atoms with Gasteiger partial charge in [-0.15, -0.1) is 0 Å². The predicted octanol–water partition coefficient (Wildman–Crippen LogP) is 4.08. The van der Waals surface area contributed by atoms with E-state index >= 15 is 0 Å².